The SMILES string of the molecule is O=C1CCC(NC(=O)CC2CCCN2)C(=O)N1. The molecule has 0 radical (unpaired) electrons. The van der Waals surface area contributed by atoms with Crippen molar-refractivity contribution in [3.63, 3.8) is 0 Å². The minimum atomic E-state index is -0.554. The topological polar surface area (TPSA) is 87.3 Å². The van der Waals surface area contributed by atoms with E-state index in [1.54, 1.807) is 0 Å². The second kappa shape index (κ2) is 5.27. The minimum absolute atomic E-state index is 0.126. The zero-order chi connectivity index (χ0) is 12.3. The minimum Gasteiger partial charge on any atom is -0.344 e. The van der Waals surface area contributed by atoms with Gasteiger partial charge in [0, 0.05) is 18.9 Å². The van der Waals surface area contributed by atoms with Gasteiger partial charge in [-0.05, 0) is 25.8 Å². The Balaban J connectivity index is 1.77. The molecule has 0 spiro atoms. The third kappa shape index (κ3) is 3.26. The van der Waals surface area contributed by atoms with E-state index in [9.17, 15) is 14.4 Å². The van der Waals surface area contributed by atoms with E-state index in [0.29, 0.717) is 19.3 Å². The molecule has 2 fully saturated rings. The summed E-state index contributed by atoms with van der Waals surface area (Å²) < 4.78 is 0. The van der Waals surface area contributed by atoms with Gasteiger partial charge in [-0.15, -0.1) is 0 Å². The van der Waals surface area contributed by atoms with Crippen LogP contribution in [0.2, 0.25) is 0 Å². The van der Waals surface area contributed by atoms with Gasteiger partial charge >= 0.3 is 0 Å². The quantitative estimate of drug-likeness (QED) is 0.554. The standard InChI is InChI=1S/C11H17N3O3/c15-9-4-3-8(11(17)14-9)13-10(16)6-7-2-1-5-12-7/h7-8,12H,1-6H2,(H,13,16)(H,14,15,17). The molecular formula is C11H17N3O3. The van der Waals surface area contributed by atoms with Crippen LogP contribution in [0.1, 0.15) is 32.1 Å². The number of rotatable bonds is 3. The molecular weight excluding hydrogens is 222 g/mol. The zero-order valence-corrected chi connectivity index (χ0v) is 9.62. The molecule has 2 unspecified atom stereocenters. The van der Waals surface area contributed by atoms with Crippen molar-refractivity contribution in [1.29, 1.82) is 0 Å². The molecule has 6 heteroatoms. The van der Waals surface area contributed by atoms with Crippen LogP contribution in [0.25, 0.3) is 0 Å². The highest BCUT2D eigenvalue weighted by molar-refractivity contribution is 6.01. The molecule has 2 atom stereocenters. The van der Waals surface area contributed by atoms with Crippen LogP contribution in [0.15, 0.2) is 0 Å². The Bertz CT molecular complexity index is 337. The van der Waals surface area contributed by atoms with Crippen molar-refractivity contribution in [3.05, 3.63) is 0 Å². The number of amides is 3. The van der Waals surface area contributed by atoms with Gasteiger partial charge in [-0.1, -0.05) is 0 Å². The number of carbonyl (C=O) groups excluding carboxylic acids is 3. The molecule has 0 aromatic heterocycles. The van der Waals surface area contributed by atoms with E-state index >= 15 is 0 Å². The number of piperidine rings is 1. The van der Waals surface area contributed by atoms with Crippen molar-refractivity contribution in [1.82, 2.24) is 16.0 Å². The fourth-order valence-electron chi connectivity index (χ4n) is 2.24. The number of hydrogen-bond acceptors (Lipinski definition) is 4. The molecule has 3 amide bonds. The van der Waals surface area contributed by atoms with Gasteiger partial charge in [-0.2, -0.15) is 0 Å². The Morgan fingerprint density at radius 2 is 2.18 bits per heavy atom. The Morgan fingerprint density at radius 3 is 2.82 bits per heavy atom. The van der Waals surface area contributed by atoms with Gasteiger partial charge in [-0.3, -0.25) is 19.7 Å². The fraction of sp³-hybridized carbons (Fsp3) is 0.727. The average molecular weight is 239 g/mol. The summed E-state index contributed by atoms with van der Waals surface area (Å²) in [7, 11) is 0. The lowest BCUT2D eigenvalue weighted by Gasteiger charge is -2.22. The molecule has 3 N–H and O–H groups in total. The maximum atomic E-state index is 11.7. The third-order valence-electron chi connectivity index (χ3n) is 3.17. The number of hydrogen-bond donors (Lipinski definition) is 3. The molecule has 0 bridgehead atoms. The molecule has 0 aromatic rings. The van der Waals surface area contributed by atoms with Crippen LogP contribution in [0, 0.1) is 0 Å². The van der Waals surface area contributed by atoms with Gasteiger partial charge in [0.05, 0.1) is 0 Å². The molecule has 2 rings (SSSR count). The van der Waals surface area contributed by atoms with Gasteiger partial charge in [0.2, 0.25) is 17.7 Å². The Labute approximate surface area is 99.5 Å². The van der Waals surface area contributed by atoms with Crippen molar-refractivity contribution >= 4 is 17.7 Å². The average Bonchev–Trinajstić information content (AvgIpc) is 2.75. The summed E-state index contributed by atoms with van der Waals surface area (Å²) in [5.41, 5.74) is 0. The summed E-state index contributed by atoms with van der Waals surface area (Å²) in [6.45, 7) is 0.955. The molecule has 94 valence electrons. The molecule has 0 saturated carbocycles. The first-order valence-electron chi connectivity index (χ1n) is 6.01. The molecule has 6 nitrogen and oxygen atoms in total. The molecule has 2 saturated heterocycles. The number of carbonyl (C=O) groups is 3. The van der Waals surface area contributed by atoms with Crippen molar-refractivity contribution in [2.75, 3.05) is 6.54 Å². The smallest absolute Gasteiger partial charge is 0.249 e. The third-order valence-corrected chi connectivity index (χ3v) is 3.17. The molecule has 2 heterocycles. The van der Waals surface area contributed by atoms with Crippen LogP contribution in [-0.2, 0) is 14.4 Å². The lowest BCUT2D eigenvalue weighted by atomic mass is 10.1. The first-order chi connectivity index (χ1) is 8.15. The van der Waals surface area contributed by atoms with Crippen LogP contribution < -0.4 is 16.0 Å². The van der Waals surface area contributed by atoms with E-state index in [0.717, 1.165) is 19.4 Å². The van der Waals surface area contributed by atoms with Gasteiger partial charge in [-0.25, -0.2) is 0 Å². The van der Waals surface area contributed by atoms with E-state index in [2.05, 4.69) is 16.0 Å². The molecule has 0 aliphatic carbocycles. The van der Waals surface area contributed by atoms with Crippen LogP contribution in [-0.4, -0.2) is 36.3 Å². The highest BCUT2D eigenvalue weighted by Crippen LogP contribution is 2.09. The van der Waals surface area contributed by atoms with Crippen LogP contribution in [0.5, 0.6) is 0 Å². The highest BCUT2D eigenvalue weighted by atomic mass is 16.2. The fourth-order valence-corrected chi connectivity index (χ4v) is 2.24. The van der Waals surface area contributed by atoms with Crippen molar-refractivity contribution < 1.29 is 14.4 Å². The number of imide groups is 1. The van der Waals surface area contributed by atoms with Crippen LogP contribution in [0.3, 0.4) is 0 Å². The normalized spacial score (nSPS) is 28.9. The Morgan fingerprint density at radius 1 is 1.35 bits per heavy atom. The first-order valence-corrected chi connectivity index (χ1v) is 6.01. The second-order valence-electron chi connectivity index (χ2n) is 4.57. The van der Waals surface area contributed by atoms with E-state index in [4.69, 9.17) is 0 Å². The molecule has 0 aromatic carbocycles. The molecule has 2 aliphatic heterocycles. The maximum absolute atomic E-state index is 11.7. The molecule has 17 heavy (non-hydrogen) atoms. The van der Waals surface area contributed by atoms with E-state index < -0.39 is 11.9 Å². The summed E-state index contributed by atoms with van der Waals surface area (Å²) in [6, 6.07) is -0.329. The predicted octanol–water partition coefficient (Wildman–Crippen LogP) is -0.950. The van der Waals surface area contributed by atoms with Gasteiger partial charge in [0.1, 0.15) is 6.04 Å². The van der Waals surface area contributed by atoms with Crippen LogP contribution in [0.4, 0.5) is 0 Å². The van der Waals surface area contributed by atoms with E-state index in [1.165, 1.54) is 0 Å². The Kier molecular flexibility index (Phi) is 3.73. The summed E-state index contributed by atoms with van der Waals surface area (Å²) in [6.07, 6.45) is 3.18. The molecule has 2 aliphatic rings. The largest absolute Gasteiger partial charge is 0.344 e. The van der Waals surface area contributed by atoms with Crippen molar-refractivity contribution in [2.45, 2.75) is 44.2 Å². The zero-order valence-electron chi connectivity index (χ0n) is 9.62. The predicted molar refractivity (Wildman–Crippen MR) is 60.0 cm³/mol. The maximum Gasteiger partial charge on any atom is 0.249 e. The van der Waals surface area contributed by atoms with Gasteiger partial charge in [0.15, 0.2) is 0 Å². The lowest BCUT2D eigenvalue weighted by molar-refractivity contribution is -0.137. The van der Waals surface area contributed by atoms with Crippen molar-refractivity contribution in [3.8, 4) is 0 Å². The van der Waals surface area contributed by atoms with Gasteiger partial charge in [0.25, 0.3) is 0 Å². The van der Waals surface area contributed by atoms with Gasteiger partial charge < -0.3 is 10.6 Å². The summed E-state index contributed by atoms with van der Waals surface area (Å²) in [4.78, 5) is 34.0. The van der Waals surface area contributed by atoms with E-state index in [-0.39, 0.29) is 17.9 Å². The summed E-state index contributed by atoms with van der Waals surface area (Å²) >= 11 is 0. The Hall–Kier alpha value is -1.43. The summed E-state index contributed by atoms with van der Waals surface area (Å²) in [5.74, 6) is -0.786. The summed E-state index contributed by atoms with van der Waals surface area (Å²) in [5, 5.41) is 8.12. The highest BCUT2D eigenvalue weighted by Gasteiger charge is 2.28. The van der Waals surface area contributed by atoms with E-state index in [1.807, 2.05) is 0 Å². The monoisotopic (exact) mass is 239 g/mol. The second-order valence-corrected chi connectivity index (χ2v) is 4.57. The first kappa shape index (κ1) is 12.0. The lowest BCUT2D eigenvalue weighted by Crippen LogP contribution is -2.52. The number of nitrogens with one attached hydrogen (secondary N) is 3. The van der Waals surface area contributed by atoms with Crippen molar-refractivity contribution in [2.24, 2.45) is 0 Å². The van der Waals surface area contributed by atoms with Crippen LogP contribution >= 0.6 is 0 Å².